The third-order valence-corrected chi connectivity index (χ3v) is 2.16. The van der Waals surface area contributed by atoms with Crippen LogP contribution in [0.25, 0.3) is 0 Å². The van der Waals surface area contributed by atoms with Crippen molar-refractivity contribution in [3.8, 4) is 0 Å². The Morgan fingerprint density at radius 1 is 0.615 bits per heavy atom. The Hall–Kier alpha value is 1.19. The maximum absolute atomic E-state index is 2.25. The fourth-order valence-electron chi connectivity index (χ4n) is 1.18. The Kier molecular flexibility index (Phi) is 24.1. The molecule has 0 radical (unpaired) electrons. The van der Waals surface area contributed by atoms with Crippen LogP contribution in [0.3, 0.4) is 0 Å². The second kappa shape index (κ2) is 18.9. The molecule has 0 saturated carbocycles. The van der Waals surface area contributed by atoms with E-state index in [-0.39, 0.29) is 0 Å². The first-order valence-electron chi connectivity index (χ1n) is 6.33. The molecule has 0 aromatic rings. The van der Waals surface area contributed by atoms with Crippen LogP contribution in [0, 0.1) is 0 Å². The second-order valence-electron chi connectivity index (χ2n) is 3.77. The van der Waals surface area contributed by atoms with Gasteiger partial charge in [0, 0.05) is 0 Å². The predicted molar refractivity (Wildman–Crippen MR) is 64.8 cm³/mol. The van der Waals surface area contributed by atoms with Crippen LogP contribution in [0.15, 0.2) is 0 Å². The molecule has 70 valence electrons. The normalized spacial score (nSPS) is 9.38. The van der Waals surface area contributed by atoms with Gasteiger partial charge in [-0.25, -0.2) is 0 Å². The topological polar surface area (TPSA) is 0 Å². The molecule has 0 aliphatic heterocycles. The van der Waals surface area contributed by atoms with Gasteiger partial charge in [-0.05, 0) is 0 Å². The van der Waals surface area contributed by atoms with Gasteiger partial charge in [-0.2, -0.15) is 0 Å². The summed E-state index contributed by atoms with van der Waals surface area (Å²) in [6, 6.07) is 0. The molecule has 0 aliphatic carbocycles. The van der Waals surface area contributed by atoms with Crippen LogP contribution in [0.4, 0.5) is 0 Å². The summed E-state index contributed by atoms with van der Waals surface area (Å²) in [4.78, 5) is 0. The van der Waals surface area contributed by atoms with Crippen LogP contribution >= 0.6 is 0 Å². The van der Waals surface area contributed by atoms with Gasteiger partial charge in [0.2, 0.25) is 0 Å². The second-order valence-corrected chi connectivity index (χ2v) is 3.77. The number of unbranched alkanes of at least 4 members (excludes halogenated alkanes) is 5. The van der Waals surface area contributed by atoms with Crippen molar-refractivity contribution in [3.05, 3.63) is 0 Å². The molecule has 0 aliphatic rings. The van der Waals surface area contributed by atoms with Crippen molar-refractivity contribution in [2.45, 2.75) is 69.0 Å². The summed E-state index contributed by atoms with van der Waals surface area (Å²) in [6.07, 6.45) is 9.83. The fraction of sp³-hybridized carbons (Fsp3) is 1.00. The van der Waals surface area contributed by atoms with Crippen molar-refractivity contribution in [1.82, 2.24) is 0 Å². The van der Waals surface area contributed by atoms with E-state index in [1.165, 1.54) is 55.1 Å². The van der Waals surface area contributed by atoms with E-state index < -0.39 is 0 Å². The zero-order valence-corrected chi connectivity index (χ0v) is 10.4. The van der Waals surface area contributed by atoms with Crippen molar-refractivity contribution in [1.29, 1.82) is 0 Å². The van der Waals surface area contributed by atoms with E-state index in [9.17, 15) is 0 Å². The molecule has 0 rings (SSSR count). The Balaban J connectivity index is 0. The Morgan fingerprint density at radius 2 is 1.00 bits per heavy atom. The zero-order valence-electron chi connectivity index (χ0n) is 10.4. The molecule has 0 nitrogen and oxygen atoms in total. The SMILES string of the molecule is [Li][CH2]CCCC.[Li][CH2]CCCCC. The van der Waals surface area contributed by atoms with E-state index in [1.54, 1.807) is 0 Å². The molecule has 0 unspecified atom stereocenters. The van der Waals surface area contributed by atoms with Gasteiger partial charge in [-0.3, -0.25) is 0 Å². The molecule has 2 heteroatoms. The average molecular weight is 170 g/mol. The molecule has 0 fully saturated rings. The molecular weight excluding hydrogens is 146 g/mol. The van der Waals surface area contributed by atoms with Crippen LogP contribution < -0.4 is 0 Å². The molecule has 13 heavy (non-hydrogen) atoms. The van der Waals surface area contributed by atoms with Gasteiger partial charge in [0.05, 0.1) is 0 Å². The molecule has 0 heterocycles. The van der Waals surface area contributed by atoms with Gasteiger partial charge in [0.1, 0.15) is 0 Å². The van der Waals surface area contributed by atoms with Gasteiger partial charge < -0.3 is 0 Å². The molecule has 0 aromatic heterocycles. The summed E-state index contributed by atoms with van der Waals surface area (Å²) in [5.41, 5.74) is 0. The minimum atomic E-state index is 1.36. The summed E-state index contributed by atoms with van der Waals surface area (Å²) in [6.45, 7) is 4.48. The van der Waals surface area contributed by atoms with Crippen molar-refractivity contribution < 1.29 is 0 Å². The average Bonchev–Trinajstić information content (AvgIpc) is 2.17. The van der Waals surface area contributed by atoms with E-state index in [0.29, 0.717) is 0 Å². The molecule has 0 amide bonds. The van der Waals surface area contributed by atoms with Gasteiger partial charge in [-0.1, -0.05) is 0 Å². The molecule has 0 saturated heterocycles. The number of hydrogen-bond acceptors (Lipinski definition) is 0. The van der Waals surface area contributed by atoms with E-state index in [1.807, 2.05) is 0 Å². The Morgan fingerprint density at radius 3 is 1.31 bits per heavy atom. The van der Waals surface area contributed by atoms with Crippen molar-refractivity contribution in [3.63, 3.8) is 0 Å². The van der Waals surface area contributed by atoms with Crippen LogP contribution in [0.2, 0.25) is 10.2 Å². The first-order chi connectivity index (χ1) is 6.33. The van der Waals surface area contributed by atoms with Crippen LogP contribution in [0.5, 0.6) is 0 Å². The molecule has 0 aromatic carbocycles. The zero-order chi connectivity index (χ0) is 10.4. The number of rotatable bonds is 7. The maximum atomic E-state index is 2.25. The Bertz CT molecular complexity index is 57.1. The van der Waals surface area contributed by atoms with Crippen molar-refractivity contribution >= 4 is 35.4 Å². The van der Waals surface area contributed by atoms with Gasteiger partial charge >= 0.3 is 104 Å². The van der Waals surface area contributed by atoms with E-state index in [2.05, 4.69) is 49.3 Å². The van der Waals surface area contributed by atoms with Crippen molar-refractivity contribution in [2.24, 2.45) is 0 Å². The molecule has 0 spiro atoms. The van der Waals surface area contributed by atoms with E-state index >= 15 is 0 Å². The third-order valence-electron chi connectivity index (χ3n) is 2.16. The predicted octanol–water partition coefficient (Wildman–Crippen LogP) is 3.92. The molecule has 0 N–H and O–H groups in total. The van der Waals surface area contributed by atoms with Gasteiger partial charge in [-0.15, -0.1) is 0 Å². The summed E-state index contributed by atoms with van der Waals surface area (Å²) in [7, 11) is 0. The summed E-state index contributed by atoms with van der Waals surface area (Å²) < 4.78 is 0. The summed E-state index contributed by atoms with van der Waals surface area (Å²) in [5, 5.41) is 2.72. The minimum absolute atomic E-state index is 1.36. The summed E-state index contributed by atoms with van der Waals surface area (Å²) >= 11 is 4.48. The fourth-order valence-corrected chi connectivity index (χ4v) is 1.18. The Labute approximate surface area is 104 Å². The quantitative estimate of drug-likeness (QED) is 0.401. The van der Waals surface area contributed by atoms with Gasteiger partial charge in [0.25, 0.3) is 0 Å². The van der Waals surface area contributed by atoms with Crippen LogP contribution in [0.1, 0.15) is 58.8 Å². The van der Waals surface area contributed by atoms with E-state index in [4.69, 9.17) is 0 Å². The first-order valence-corrected chi connectivity index (χ1v) is 6.33. The first kappa shape index (κ1) is 16.6. The standard InChI is InChI=1S/C6H13.C5H11.2Li/c1-3-5-6-4-2;1-3-5-4-2;;/h1,3-6H2,2H3;1,3-5H2,2H3;;. The van der Waals surface area contributed by atoms with Crippen molar-refractivity contribution in [2.75, 3.05) is 0 Å². The molecule has 0 atom stereocenters. The number of hydrogen-bond donors (Lipinski definition) is 0. The monoisotopic (exact) mass is 170 g/mol. The molecular formula is C11H24Li2. The van der Waals surface area contributed by atoms with E-state index in [0.717, 1.165) is 0 Å². The summed E-state index contributed by atoms with van der Waals surface area (Å²) in [5.74, 6) is 0. The van der Waals surface area contributed by atoms with Crippen LogP contribution in [-0.4, -0.2) is 35.4 Å². The van der Waals surface area contributed by atoms with Crippen LogP contribution in [-0.2, 0) is 0 Å². The third kappa shape index (κ3) is 24.6. The molecule has 0 bridgehead atoms. The van der Waals surface area contributed by atoms with Gasteiger partial charge in [0.15, 0.2) is 0 Å².